The number of amides is 2. The Labute approximate surface area is 260 Å². The van der Waals surface area contributed by atoms with E-state index in [1.165, 1.54) is 0 Å². The number of nitrogens with two attached hydrogens (primary N) is 1. The molecule has 4 heterocycles. The summed E-state index contributed by atoms with van der Waals surface area (Å²) >= 11 is 0. The molecule has 4 rings (SSSR count). The number of morpholine rings is 1. The number of carbonyl (C=O) groups excluding carboxylic acids is 2. The van der Waals surface area contributed by atoms with Crippen molar-refractivity contribution in [3.8, 4) is 11.4 Å². The molecule has 13 nitrogen and oxygen atoms in total. The Bertz CT molecular complexity index is 1250. The fourth-order valence-electron chi connectivity index (χ4n) is 5.04. The molecule has 4 N–H and O–H groups in total. The zero-order valence-corrected chi connectivity index (χ0v) is 25.4. The fraction of sp³-hybridized carbons (Fsp3) is 0.655. The lowest BCUT2D eigenvalue weighted by Crippen LogP contribution is -2.38. The Morgan fingerprint density at radius 1 is 0.933 bits per heavy atom. The lowest BCUT2D eigenvalue weighted by molar-refractivity contribution is -0.137. The average molecular weight is 638 g/mol. The summed E-state index contributed by atoms with van der Waals surface area (Å²) in [5.41, 5.74) is 4.02. The van der Waals surface area contributed by atoms with E-state index in [-0.39, 0.29) is 36.3 Å². The number of ether oxygens (including phenoxy) is 2. The Hall–Kier alpha value is -3.63. The smallest absolute Gasteiger partial charge is 0.378 e. The van der Waals surface area contributed by atoms with E-state index >= 15 is 0 Å². The molecular formula is C29H42F3N9O4. The maximum atomic E-state index is 14.4. The van der Waals surface area contributed by atoms with Crippen molar-refractivity contribution < 1.29 is 32.2 Å². The molecule has 0 spiro atoms. The summed E-state index contributed by atoms with van der Waals surface area (Å²) < 4.78 is 53.9. The molecule has 2 saturated heterocycles. The standard InChI is InChI=1S/C29H42F3N9O4/c30-29(31,32)22-18-23(36-25(43)20-45-15-7-3-4-8-24(42)34-10-9-33)35-19-21(22)26-37-27(40-11-5-1-2-6-12-40)39-28(38-26)41-13-16-44-17-14-41/h18-19H,1-17,20,33H2,(H,34,42)(H,35,36,43). The van der Waals surface area contributed by atoms with Gasteiger partial charge in [0.25, 0.3) is 5.91 Å². The van der Waals surface area contributed by atoms with E-state index in [4.69, 9.17) is 15.2 Å². The predicted octanol–water partition coefficient (Wildman–Crippen LogP) is 2.76. The first-order valence-corrected chi connectivity index (χ1v) is 15.5. The van der Waals surface area contributed by atoms with Crippen LogP contribution in [0.3, 0.4) is 0 Å². The first-order chi connectivity index (χ1) is 21.7. The molecule has 0 aromatic carbocycles. The van der Waals surface area contributed by atoms with Crippen molar-refractivity contribution in [2.75, 3.05) is 80.8 Å². The molecule has 2 aliphatic rings. The van der Waals surface area contributed by atoms with Gasteiger partial charge in [-0.25, -0.2) is 4.98 Å². The first kappa shape index (κ1) is 34.2. The number of nitrogens with one attached hydrogen (secondary N) is 2. The Morgan fingerprint density at radius 3 is 2.29 bits per heavy atom. The molecule has 45 heavy (non-hydrogen) atoms. The number of carbonyl (C=O) groups is 2. The predicted molar refractivity (Wildman–Crippen MR) is 162 cm³/mol. The number of rotatable bonds is 14. The summed E-state index contributed by atoms with van der Waals surface area (Å²) in [6.07, 6.45) is 2.67. The second-order valence-electron chi connectivity index (χ2n) is 10.9. The van der Waals surface area contributed by atoms with Gasteiger partial charge in [-0.1, -0.05) is 19.3 Å². The second kappa shape index (κ2) is 17.2. The second-order valence-corrected chi connectivity index (χ2v) is 10.9. The average Bonchev–Trinajstić information content (AvgIpc) is 3.33. The van der Waals surface area contributed by atoms with Crippen molar-refractivity contribution in [2.24, 2.45) is 5.73 Å². The molecule has 0 aliphatic carbocycles. The van der Waals surface area contributed by atoms with Gasteiger partial charge in [0.2, 0.25) is 17.8 Å². The molecule has 248 valence electrons. The van der Waals surface area contributed by atoms with Crippen molar-refractivity contribution >= 4 is 29.5 Å². The largest absolute Gasteiger partial charge is 0.417 e. The SMILES string of the molecule is NCCNC(=O)CCCCCOCC(=O)Nc1cc(C(F)(F)F)c(-c2nc(N3CCCCCC3)nc(N3CCOCC3)n2)cn1. The van der Waals surface area contributed by atoms with Gasteiger partial charge in [-0.15, -0.1) is 0 Å². The van der Waals surface area contributed by atoms with E-state index in [0.717, 1.165) is 44.4 Å². The van der Waals surface area contributed by atoms with Crippen LogP contribution in [-0.4, -0.2) is 97.4 Å². The van der Waals surface area contributed by atoms with E-state index in [2.05, 4.69) is 30.6 Å². The Morgan fingerprint density at radius 2 is 1.62 bits per heavy atom. The minimum absolute atomic E-state index is 0.0663. The van der Waals surface area contributed by atoms with Crippen LogP contribution in [0.15, 0.2) is 12.3 Å². The lowest BCUT2D eigenvalue weighted by Gasteiger charge is -2.28. The third-order valence-electron chi connectivity index (χ3n) is 7.40. The monoisotopic (exact) mass is 637 g/mol. The van der Waals surface area contributed by atoms with Crippen LogP contribution in [-0.2, 0) is 25.2 Å². The number of halogens is 3. The number of hydrogen-bond donors (Lipinski definition) is 3. The van der Waals surface area contributed by atoms with Gasteiger partial charge >= 0.3 is 6.18 Å². The Kier molecular flexibility index (Phi) is 13.1. The van der Waals surface area contributed by atoms with Gasteiger partial charge in [-0.2, -0.15) is 28.1 Å². The summed E-state index contributed by atoms with van der Waals surface area (Å²) in [4.78, 5) is 45.5. The molecule has 0 radical (unpaired) electrons. The fourth-order valence-corrected chi connectivity index (χ4v) is 5.04. The van der Waals surface area contributed by atoms with Crippen LogP contribution in [0.2, 0.25) is 0 Å². The van der Waals surface area contributed by atoms with Crippen LogP contribution >= 0.6 is 0 Å². The Balaban J connectivity index is 1.43. The molecule has 0 atom stereocenters. The highest BCUT2D eigenvalue weighted by Crippen LogP contribution is 2.37. The van der Waals surface area contributed by atoms with Gasteiger partial charge in [0.1, 0.15) is 12.4 Å². The van der Waals surface area contributed by atoms with Gasteiger partial charge in [-0.05, 0) is 31.7 Å². The lowest BCUT2D eigenvalue weighted by atomic mass is 10.1. The first-order valence-electron chi connectivity index (χ1n) is 15.5. The minimum atomic E-state index is -4.77. The number of pyridine rings is 1. The van der Waals surface area contributed by atoms with Crippen LogP contribution in [0, 0.1) is 0 Å². The number of hydrogen-bond acceptors (Lipinski definition) is 11. The third kappa shape index (κ3) is 10.7. The molecular weight excluding hydrogens is 595 g/mol. The zero-order valence-electron chi connectivity index (χ0n) is 25.4. The van der Waals surface area contributed by atoms with Crippen LogP contribution in [0.4, 0.5) is 30.9 Å². The van der Waals surface area contributed by atoms with Crippen LogP contribution < -0.4 is 26.2 Å². The number of unbranched alkanes of at least 4 members (excludes halogenated alkanes) is 2. The van der Waals surface area contributed by atoms with E-state index in [1.54, 1.807) is 0 Å². The van der Waals surface area contributed by atoms with Crippen molar-refractivity contribution in [3.05, 3.63) is 17.8 Å². The topological polar surface area (TPSA) is 161 Å². The molecule has 2 fully saturated rings. The normalized spacial score (nSPS) is 15.9. The van der Waals surface area contributed by atoms with Gasteiger partial charge in [0.05, 0.1) is 24.3 Å². The number of alkyl halides is 3. The van der Waals surface area contributed by atoms with Crippen molar-refractivity contribution in [1.82, 2.24) is 25.3 Å². The van der Waals surface area contributed by atoms with E-state index in [0.29, 0.717) is 83.6 Å². The number of aromatic nitrogens is 4. The molecule has 16 heteroatoms. The van der Waals surface area contributed by atoms with Crippen molar-refractivity contribution in [3.63, 3.8) is 0 Å². The maximum Gasteiger partial charge on any atom is 0.417 e. The summed E-state index contributed by atoms with van der Waals surface area (Å²) in [6.45, 7) is 4.08. The summed E-state index contributed by atoms with van der Waals surface area (Å²) in [5.74, 6) is -0.478. The molecule has 0 bridgehead atoms. The maximum absolute atomic E-state index is 14.4. The quantitative estimate of drug-likeness (QED) is 0.261. The van der Waals surface area contributed by atoms with Gasteiger partial charge in [0, 0.05) is 58.5 Å². The third-order valence-corrected chi connectivity index (χ3v) is 7.40. The highest BCUT2D eigenvalue weighted by atomic mass is 19.4. The van der Waals surface area contributed by atoms with Crippen molar-refractivity contribution in [1.29, 1.82) is 0 Å². The van der Waals surface area contributed by atoms with E-state index < -0.39 is 17.6 Å². The molecule has 2 aliphatic heterocycles. The molecule has 2 aromatic heterocycles. The molecule has 2 aromatic rings. The summed E-state index contributed by atoms with van der Waals surface area (Å²) in [7, 11) is 0. The zero-order chi connectivity index (χ0) is 32.1. The van der Waals surface area contributed by atoms with Crippen LogP contribution in [0.1, 0.15) is 56.9 Å². The number of nitrogens with zero attached hydrogens (tertiary/aromatic N) is 6. The van der Waals surface area contributed by atoms with Crippen LogP contribution in [0.5, 0.6) is 0 Å². The molecule has 0 saturated carbocycles. The van der Waals surface area contributed by atoms with Crippen LogP contribution in [0.25, 0.3) is 11.4 Å². The van der Waals surface area contributed by atoms with Gasteiger partial charge in [0.15, 0.2) is 5.82 Å². The minimum Gasteiger partial charge on any atom is -0.378 e. The highest BCUT2D eigenvalue weighted by molar-refractivity contribution is 5.91. The van der Waals surface area contributed by atoms with Crippen molar-refractivity contribution in [2.45, 2.75) is 57.5 Å². The van der Waals surface area contributed by atoms with E-state index in [9.17, 15) is 22.8 Å². The number of anilines is 3. The molecule has 2 amide bonds. The van der Waals surface area contributed by atoms with Gasteiger partial charge in [-0.3, -0.25) is 9.59 Å². The van der Waals surface area contributed by atoms with E-state index in [1.807, 2.05) is 9.80 Å². The van der Waals surface area contributed by atoms with Gasteiger partial charge < -0.3 is 35.6 Å². The highest BCUT2D eigenvalue weighted by Gasteiger charge is 2.36. The summed E-state index contributed by atoms with van der Waals surface area (Å²) in [6, 6.07) is 0.784. The molecule has 0 unspecified atom stereocenters. The summed E-state index contributed by atoms with van der Waals surface area (Å²) in [5, 5.41) is 5.07.